The van der Waals surface area contributed by atoms with Crippen LogP contribution < -0.4 is 10.6 Å². The summed E-state index contributed by atoms with van der Waals surface area (Å²) in [7, 11) is 1.97. The Balaban J connectivity index is 1.45. The Kier molecular flexibility index (Phi) is 4.22. The van der Waals surface area contributed by atoms with Gasteiger partial charge in [0.05, 0.1) is 18.3 Å². The molecule has 1 aliphatic heterocycles. The van der Waals surface area contributed by atoms with Gasteiger partial charge in [-0.15, -0.1) is 11.8 Å². The monoisotopic (exact) mass is 342 g/mol. The fourth-order valence-electron chi connectivity index (χ4n) is 3.71. The van der Waals surface area contributed by atoms with Crippen molar-refractivity contribution in [3.05, 3.63) is 47.3 Å². The van der Waals surface area contributed by atoms with Crippen molar-refractivity contribution in [2.45, 2.75) is 42.7 Å². The molecule has 2 amide bonds. The van der Waals surface area contributed by atoms with E-state index < -0.39 is 0 Å². The smallest absolute Gasteiger partial charge is 0.315 e. The van der Waals surface area contributed by atoms with Crippen LogP contribution in [0.25, 0.3) is 0 Å². The molecule has 0 fully saturated rings. The molecular formula is C18H22N4OS. The normalized spacial score (nSPS) is 22.4. The summed E-state index contributed by atoms with van der Waals surface area (Å²) in [6, 6.07) is 8.43. The number of amides is 2. The standard InChI is InChI=1S/C18H22N4OS/c1-22-16-7-4-6-14(13(16)11-19-22)20-18(23)21-15-9-10-24-17-8-3-2-5-12(15)17/h2-3,5,8,11,14-15H,4,6-7,9-10H2,1H3,(H2,20,21,23)/t14-,15-/m1/s1. The number of nitrogens with zero attached hydrogens (tertiary/aromatic N) is 2. The second kappa shape index (κ2) is 6.51. The van der Waals surface area contributed by atoms with Crippen LogP contribution in [0.5, 0.6) is 0 Å². The van der Waals surface area contributed by atoms with Gasteiger partial charge < -0.3 is 10.6 Å². The largest absolute Gasteiger partial charge is 0.331 e. The third kappa shape index (κ3) is 2.90. The molecule has 5 nitrogen and oxygen atoms in total. The zero-order chi connectivity index (χ0) is 16.5. The lowest BCUT2D eigenvalue weighted by atomic mass is 9.93. The molecule has 0 bridgehead atoms. The highest BCUT2D eigenvalue weighted by atomic mass is 32.2. The third-order valence-corrected chi connectivity index (χ3v) is 6.07. The highest BCUT2D eigenvalue weighted by molar-refractivity contribution is 7.99. The van der Waals surface area contributed by atoms with Crippen molar-refractivity contribution in [2.75, 3.05) is 5.75 Å². The van der Waals surface area contributed by atoms with Crippen LogP contribution in [0.4, 0.5) is 4.79 Å². The van der Waals surface area contributed by atoms with Gasteiger partial charge in [0.2, 0.25) is 0 Å². The summed E-state index contributed by atoms with van der Waals surface area (Å²) in [5, 5.41) is 10.7. The number of hydrogen-bond donors (Lipinski definition) is 2. The van der Waals surface area contributed by atoms with Gasteiger partial charge in [-0.05, 0) is 37.3 Å². The minimum atomic E-state index is -0.0802. The molecule has 24 heavy (non-hydrogen) atoms. The number of thioether (sulfide) groups is 1. The summed E-state index contributed by atoms with van der Waals surface area (Å²) in [6.45, 7) is 0. The van der Waals surface area contributed by atoms with E-state index in [9.17, 15) is 4.79 Å². The van der Waals surface area contributed by atoms with Crippen LogP contribution in [0.2, 0.25) is 0 Å². The average Bonchev–Trinajstić information content (AvgIpc) is 2.98. The van der Waals surface area contributed by atoms with E-state index >= 15 is 0 Å². The molecule has 1 aromatic carbocycles. The van der Waals surface area contributed by atoms with Gasteiger partial charge >= 0.3 is 6.03 Å². The van der Waals surface area contributed by atoms with Gasteiger partial charge in [-0.25, -0.2) is 4.79 Å². The number of benzene rings is 1. The molecule has 2 aliphatic rings. The van der Waals surface area contributed by atoms with E-state index in [1.165, 1.54) is 21.7 Å². The van der Waals surface area contributed by atoms with E-state index in [4.69, 9.17) is 0 Å². The average molecular weight is 342 g/mol. The van der Waals surface area contributed by atoms with Gasteiger partial charge in [0.25, 0.3) is 0 Å². The molecule has 0 saturated heterocycles. The van der Waals surface area contributed by atoms with Crippen molar-refractivity contribution in [1.29, 1.82) is 0 Å². The first-order valence-corrected chi connectivity index (χ1v) is 9.50. The van der Waals surface area contributed by atoms with Gasteiger partial charge in [0, 0.05) is 29.0 Å². The van der Waals surface area contributed by atoms with E-state index in [1.54, 1.807) is 0 Å². The molecule has 0 saturated carbocycles. The Hall–Kier alpha value is -1.95. The van der Waals surface area contributed by atoms with E-state index in [0.717, 1.165) is 31.4 Å². The van der Waals surface area contributed by atoms with Crippen LogP contribution in [0.15, 0.2) is 35.4 Å². The topological polar surface area (TPSA) is 59.0 Å². The highest BCUT2D eigenvalue weighted by Gasteiger charge is 2.27. The molecule has 0 spiro atoms. The Labute approximate surface area is 146 Å². The fourth-order valence-corrected chi connectivity index (χ4v) is 4.83. The molecular weight excluding hydrogens is 320 g/mol. The van der Waals surface area contributed by atoms with Gasteiger partial charge in [0.1, 0.15) is 0 Å². The summed E-state index contributed by atoms with van der Waals surface area (Å²) >= 11 is 1.87. The predicted octanol–water partition coefficient (Wildman–Crippen LogP) is 3.33. The molecule has 2 N–H and O–H groups in total. The van der Waals surface area contributed by atoms with Gasteiger partial charge in [-0.1, -0.05) is 18.2 Å². The van der Waals surface area contributed by atoms with Crippen LogP contribution in [0, 0.1) is 0 Å². The maximum atomic E-state index is 12.5. The third-order valence-electron chi connectivity index (χ3n) is 4.94. The van der Waals surface area contributed by atoms with Gasteiger partial charge in [0.15, 0.2) is 0 Å². The van der Waals surface area contributed by atoms with Crippen LogP contribution in [-0.4, -0.2) is 21.6 Å². The Bertz CT molecular complexity index is 757. The number of fused-ring (bicyclic) bond motifs is 2. The number of nitrogens with one attached hydrogen (secondary N) is 2. The molecule has 126 valence electrons. The fraction of sp³-hybridized carbons (Fsp3) is 0.444. The number of carbonyl (C=O) groups excluding carboxylic acids is 1. The summed E-state index contributed by atoms with van der Waals surface area (Å²) in [6.07, 6.45) is 5.96. The first-order valence-electron chi connectivity index (χ1n) is 8.52. The van der Waals surface area contributed by atoms with Crippen molar-refractivity contribution in [3.63, 3.8) is 0 Å². The molecule has 1 aliphatic carbocycles. The summed E-state index contributed by atoms with van der Waals surface area (Å²) in [4.78, 5) is 13.8. The second-order valence-corrected chi connectivity index (χ2v) is 7.60. The lowest BCUT2D eigenvalue weighted by Gasteiger charge is -2.28. The maximum absolute atomic E-state index is 12.5. The van der Waals surface area contributed by atoms with E-state index in [0.29, 0.717) is 0 Å². The zero-order valence-corrected chi connectivity index (χ0v) is 14.6. The molecule has 2 atom stereocenters. The van der Waals surface area contributed by atoms with Crippen LogP contribution in [-0.2, 0) is 13.5 Å². The van der Waals surface area contributed by atoms with Gasteiger partial charge in [-0.3, -0.25) is 4.68 Å². The summed E-state index contributed by atoms with van der Waals surface area (Å²) in [5.74, 6) is 1.04. The molecule has 0 unspecified atom stereocenters. The Morgan fingerprint density at radius 3 is 2.88 bits per heavy atom. The zero-order valence-electron chi connectivity index (χ0n) is 13.8. The first kappa shape index (κ1) is 15.6. The van der Waals surface area contributed by atoms with E-state index in [-0.39, 0.29) is 18.1 Å². The molecule has 0 radical (unpaired) electrons. The summed E-state index contributed by atoms with van der Waals surface area (Å²) in [5.41, 5.74) is 3.64. The molecule has 4 rings (SSSR count). The second-order valence-electron chi connectivity index (χ2n) is 6.46. The van der Waals surface area contributed by atoms with Crippen molar-refractivity contribution in [3.8, 4) is 0 Å². The molecule has 1 aromatic heterocycles. The van der Waals surface area contributed by atoms with Crippen molar-refractivity contribution >= 4 is 17.8 Å². The van der Waals surface area contributed by atoms with Crippen LogP contribution in [0.1, 0.15) is 48.2 Å². The number of carbonyl (C=O) groups is 1. The number of aromatic nitrogens is 2. The Morgan fingerprint density at radius 1 is 1.21 bits per heavy atom. The quantitative estimate of drug-likeness (QED) is 0.880. The minimum absolute atomic E-state index is 0.0654. The molecule has 6 heteroatoms. The number of urea groups is 1. The van der Waals surface area contributed by atoms with E-state index in [1.807, 2.05) is 35.8 Å². The van der Waals surface area contributed by atoms with E-state index in [2.05, 4.69) is 33.9 Å². The highest BCUT2D eigenvalue weighted by Crippen LogP contribution is 2.36. The Morgan fingerprint density at radius 2 is 2.00 bits per heavy atom. The molecule has 2 aromatic rings. The van der Waals surface area contributed by atoms with Crippen molar-refractivity contribution in [1.82, 2.24) is 20.4 Å². The van der Waals surface area contributed by atoms with Crippen LogP contribution >= 0.6 is 11.8 Å². The van der Waals surface area contributed by atoms with Crippen LogP contribution in [0.3, 0.4) is 0 Å². The first-order chi connectivity index (χ1) is 11.7. The number of aryl methyl sites for hydroxylation is 1. The number of hydrogen-bond acceptors (Lipinski definition) is 3. The SMILES string of the molecule is Cn1ncc2c1CCC[C@H]2NC(=O)N[C@@H]1CCSc2ccccc21. The minimum Gasteiger partial charge on any atom is -0.331 e. The van der Waals surface area contributed by atoms with Crippen molar-refractivity contribution in [2.24, 2.45) is 7.05 Å². The van der Waals surface area contributed by atoms with Gasteiger partial charge in [-0.2, -0.15) is 5.10 Å². The summed E-state index contributed by atoms with van der Waals surface area (Å²) < 4.78 is 1.93. The number of rotatable bonds is 2. The molecule has 2 heterocycles. The predicted molar refractivity (Wildman–Crippen MR) is 95.1 cm³/mol. The lowest BCUT2D eigenvalue weighted by molar-refractivity contribution is 0.231. The van der Waals surface area contributed by atoms with Crippen molar-refractivity contribution < 1.29 is 4.79 Å². The lowest BCUT2D eigenvalue weighted by Crippen LogP contribution is -2.41. The maximum Gasteiger partial charge on any atom is 0.315 e.